The Balaban J connectivity index is 1.43. The molecule has 1 heterocycles. The molecular formula is C25H22ClN3O. The fourth-order valence-corrected chi connectivity index (χ4v) is 3.45. The van der Waals surface area contributed by atoms with Crippen LogP contribution in [-0.4, -0.2) is 11.2 Å². The van der Waals surface area contributed by atoms with Gasteiger partial charge in [-0.1, -0.05) is 41.9 Å². The third-order valence-electron chi connectivity index (χ3n) is 4.77. The van der Waals surface area contributed by atoms with Gasteiger partial charge in [0.25, 0.3) is 0 Å². The molecule has 4 nitrogen and oxygen atoms in total. The lowest BCUT2D eigenvalue weighted by atomic mass is 10.1. The molecule has 0 amide bonds. The minimum absolute atomic E-state index is 0.501. The molecule has 0 atom stereocenters. The Labute approximate surface area is 181 Å². The monoisotopic (exact) mass is 415 g/mol. The molecule has 4 rings (SSSR count). The molecule has 150 valence electrons. The van der Waals surface area contributed by atoms with Crippen molar-refractivity contribution >= 4 is 34.5 Å². The molecule has 1 N–H and O–H groups in total. The van der Waals surface area contributed by atoms with Gasteiger partial charge in [0.15, 0.2) is 0 Å². The SMILES string of the molecule is Cc1cc(/C=N\Nc2ccc3ccccc3n2)cc(C)c1OCc1ccc(Cl)cc1. The van der Waals surface area contributed by atoms with Crippen LogP contribution >= 0.6 is 11.6 Å². The summed E-state index contributed by atoms with van der Waals surface area (Å²) in [5.41, 5.74) is 8.15. The first-order chi connectivity index (χ1) is 14.6. The minimum atomic E-state index is 0.501. The molecular weight excluding hydrogens is 394 g/mol. The van der Waals surface area contributed by atoms with Gasteiger partial charge in [0.1, 0.15) is 18.2 Å². The number of hydrogen-bond acceptors (Lipinski definition) is 4. The molecule has 3 aromatic carbocycles. The quantitative estimate of drug-likeness (QED) is 0.287. The van der Waals surface area contributed by atoms with Crippen LogP contribution in [0.3, 0.4) is 0 Å². The van der Waals surface area contributed by atoms with E-state index < -0.39 is 0 Å². The Morgan fingerprint density at radius 2 is 1.70 bits per heavy atom. The van der Waals surface area contributed by atoms with Gasteiger partial charge in [0.05, 0.1) is 11.7 Å². The van der Waals surface area contributed by atoms with E-state index in [4.69, 9.17) is 16.3 Å². The molecule has 0 saturated heterocycles. The van der Waals surface area contributed by atoms with Gasteiger partial charge in [-0.05, 0) is 78.6 Å². The van der Waals surface area contributed by atoms with Crippen LogP contribution in [0.2, 0.25) is 5.02 Å². The molecule has 0 aliphatic rings. The topological polar surface area (TPSA) is 46.5 Å². The van der Waals surface area contributed by atoms with Crippen LogP contribution in [0, 0.1) is 13.8 Å². The van der Waals surface area contributed by atoms with E-state index >= 15 is 0 Å². The predicted octanol–water partition coefficient (Wildman–Crippen LogP) is 6.53. The lowest BCUT2D eigenvalue weighted by molar-refractivity contribution is 0.302. The van der Waals surface area contributed by atoms with E-state index in [9.17, 15) is 0 Å². The molecule has 0 bridgehead atoms. The van der Waals surface area contributed by atoms with Gasteiger partial charge in [-0.25, -0.2) is 4.98 Å². The Morgan fingerprint density at radius 3 is 2.47 bits per heavy atom. The Bertz CT molecular complexity index is 1180. The summed E-state index contributed by atoms with van der Waals surface area (Å²) in [5, 5.41) is 6.17. The van der Waals surface area contributed by atoms with Gasteiger partial charge in [-0.3, -0.25) is 5.43 Å². The van der Waals surface area contributed by atoms with Crippen LogP contribution < -0.4 is 10.2 Å². The molecule has 0 radical (unpaired) electrons. The number of halogens is 1. The van der Waals surface area contributed by atoms with Gasteiger partial charge in [0.2, 0.25) is 0 Å². The zero-order chi connectivity index (χ0) is 20.9. The predicted molar refractivity (Wildman–Crippen MR) is 125 cm³/mol. The number of benzene rings is 3. The van der Waals surface area contributed by atoms with Crippen LogP contribution in [0.5, 0.6) is 5.75 Å². The van der Waals surface area contributed by atoms with E-state index in [1.807, 2.05) is 74.5 Å². The second kappa shape index (κ2) is 8.97. The first kappa shape index (κ1) is 19.9. The summed E-state index contributed by atoms with van der Waals surface area (Å²) in [5.74, 6) is 1.60. The van der Waals surface area contributed by atoms with Gasteiger partial charge in [-0.15, -0.1) is 0 Å². The summed E-state index contributed by atoms with van der Waals surface area (Å²) in [6, 6.07) is 23.8. The molecule has 0 fully saturated rings. The zero-order valence-corrected chi connectivity index (χ0v) is 17.6. The third kappa shape index (κ3) is 4.78. The summed E-state index contributed by atoms with van der Waals surface area (Å²) in [6.07, 6.45) is 1.79. The first-order valence-corrected chi connectivity index (χ1v) is 10.1. The van der Waals surface area contributed by atoms with E-state index in [0.29, 0.717) is 12.4 Å². The summed E-state index contributed by atoms with van der Waals surface area (Å²) < 4.78 is 6.05. The Morgan fingerprint density at radius 1 is 0.967 bits per heavy atom. The number of hydrogen-bond donors (Lipinski definition) is 1. The number of aryl methyl sites for hydroxylation is 2. The lowest BCUT2D eigenvalue weighted by Crippen LogP contribution is -2.00. The molecule has 0 aliphatic carbocycles. The first-order valence-electron chi connectivity index (χ1n) is 9.72. The summed E-state index contributed by atoms with van der Waals surface area (Å²) in [6.45, 7) is 4.58. The highest BCUT2D eigenvalue weighted by atomic mass is 35.5. The number of fused-ring (bicyclic) bond motifs is 1. The maximum absolute atomic E-state index is 6.05. The average molecular weight is 416 g/mol. The highest BCUT2D eigenvalue weighted by molar-refractivity contribution is 6.30. The van der Waals surface area contributed by atoms with Crippen molar-refractivity contribution in [3.63, 3.8) is 0 Å². The van der Waals surface area contributed by atoms with Crippen LogP contribution in [0.4, 0.5) is 5.82 Å². The number of anilines is 1. The summed E-state index contributed by atoms with van der Waals surface area (Å²) >= 11 is 5.94. The normalized spacial score (nSPS) is 11.2. The van der Waals surface area contributed by atoms with E-state index in [1.165, 1.54) is 0 Å². The molecule has 0 aliphatic heterocycles. The minimum Gasteiger partial charge on any atom is -0.488 e. The maximum atomic E-state index is 6.05. The van der Waals surface area contributed by atoms with Gasteiger partial charge < -0.3 is 4.74 Å². The van der Waals surface area contributed by atoms with Gasteiger partial charge in [0, 0.05) is 10.4 Å². The summed E-state index contributed by atoms with van der Waals surface area (Å²) in [7, 11) is 0. The van der Waals surface area contributed by atoms with Crippen molar-refractivity contribution in [2.75, 3.05) is 5.43 Å². The van der Waals surface area contributed by atoms with Crippen molar-refractivity contribution in [3.8, 4) is 5.75 Å². The van der Waals surface area contributed by atoms with E-state index in [1.54, 1.807) is 6.21 Å². The molecule has 0 unspecified atom stereocenters. The second-order valence-electron chi connectivity index (χ2n) is 7.16. The van der Waals surface area contributed by atoms with E-state index in [2.05, 4.69) is 27.6 Å². The van der Waals surface area contributed by atoms with Crippen LogP contribution in [-0.2, 0) is 6.61 Å². The summed E-state index contributed by atoms with van der Waals surface area (Å²) in [4.78, 5) is 4.56. The van der Waals surface area contributed by atoms with Crippen LogP contribution in [0.15, 0.2) is 77.9 Å². The highest BCUT2D eigenvalue weighted by Crippen LogP contribution is 2.25. The average Bonchev–Trinajstić information content (AvgIpc) is 2.74. The maximum Gasteiger partial charge on any atom is 0.146 e. The van der Waals surface area contributed by atoms with Crippen molar-refractivity contribution in [1.29, 1.82) is 0 Å². The molecule has 30 heavy (non-hydrogen) atoms. The molecule has 1 aromatic heterocycles. The number of para-hydroxylation sites is 1. The molecule has 0 saturated carbocycles. The van der Waals surface area contributed by atoms with Crippen molar-refractivity contribution in [3.05, 3.63) is 100 Å². The largest absolute Gasteiger partial charge is 0.488 e. The van der Waals surface area contributed by atoms with Crippen LogP contribution in [0.25, 0.3) is 10.9 Å². The van der Waals surface area contributed by atoms with Gasteiger partial charge >= 0.3 is 0 Å². The number of pyridine rings is 1. The highest BCUT2D eigenvalue weighted by Gasteiger charge is 2.07. The molecule has 0 spiro atoms. The smallest absolute Gasteiger partial charge is 0.146 e. The zero-order valence-electron chi connectivity index (χ0n) is 16.9. The Hall–Kier alpha value is -3.37. The second-order valence-corrected chi connectivity index (χ2v) is 7.59. The fraction of sp³-hybridized carbons (Fsp3) is 0.120. The number of aromatic nitrogens is 1. The van der Waals surface area contributed by atoms with E-state index in [0.717, 1.165) is 43.9 Å². The van der Waals surface area contributed by atoms with Crippen molar-refractivity contribution in [2.45, 2.75) is 20.5 Å². The Kier molecular flexibility index (Phi) is 5.96. The van der Waals surface area contributed by atoms with Crippen LogP contribution in [0.1, 0.15) is 22.3 Å². The van der Waals surface area contributed by atoms with Gasteiger partial charge in [-0.2, -0.15) is 5.10 Å². The number of ether oxygens (including phenoxy) is 1. The molecule has 4 aromatic rings. The standard InChI is InChI=1S/C25H22ClN3O/c1-17-13-20(14-18(2)25(17)30-16-19-7-10-22(26)11-8-19)15-27-29-24-12-9-21-5-3-4-6-23(21)28-24/h3-15H,16H2,1-2H3,(H,28,29)/b27-15-. The molecule has 5 heteroatoms. The van der Waals surface area contributed by atoms with E-state index in [-0.39, 0.29) is 0 Å². The third-order valence-corrected chi connectivity index (χ3v) is 5.02. The fourth-order valence-electron chi connectivity index (χ4n) is 3.32. The van der Waals surface area contributed by atoms with Crippen molar-refractivity contribution < 1.29 is 4.74 Å². The van der Waals surface area contributed by atoms with Crippen molar-refractivity contribution in [2.24, 2.45) is 5.10 Å². The lowest BCUT2D eigenvalue weighted by Gasteiger charge is -2.13. The number of nitrogens with one attached hydrogen (secondary N) is 1. The number of hydrazone groups is 1. The van der Waals surface area contributed by atoms with Crippen molar-refractivity contribution in [1.82, 2.24) is 4.98 Å². The number of rotatable bonds is 6. The number of nitrogens with zero attached hydrogens (tertiary/aromatic N) is 2.